The lowest BCUT2D eigenvalue weighted by Gasteiger charge is -2.32. The molecule has 1 aliphatic heterocycles. The van der Waals surface area contributed by atoms with Crippen LogP contribution in [0, 0.1) is 0 Å². The van der Waals surface area contributed by atoms with E-state index < -0.39 is 28.3 Å². The molecule has 0 saturated carbocycles. The van der Waals surface area contributed by atoms with Crippen molar-refractivity contribution in [3.63, 3.8) is 0 Å². The van der Waals surface area contributed by atoms with Gasteiger partial charge in [-0.15, -0.1) is 0 Å². The van der Waals surface area contributed by atoms with Crippen LogP contribution >= 0.6 is 15.9 Å². The summed E-state index contributed by atoms with van der Waals surface area (Å²) in [7, 11) is 0. The van der Waals surface area contributed by atoms with E-state index in [0.717, 1.165) is 11.1 Å². The van der Waals surface area contributed by atoms with Crippen LogP contribution in [0.5, 0.6) is 0 Å². The number of hydrogen-bond acceptors (Lipinski definition) is 4. The fourth-order valence-electron chi connectivity index (χ4n) is 3.15. The molecule has 1 aliphatic rings. The second-order valence-corrected chi connectivity index (χ2v) is 7.11. The second-order valence-electron chi connectivity index (χ2n) is 6.00. The highest BCUT2D eigenvalue weighted by Crippen LogP contribution is 2.42. The zero-order valence-electron chi connectivity index (χ0n) is 13.9. The molecule has 2 atom stereocenters. The first-order chi connectivity index (χ1) is 12.1. The van der Waals surface area contributed by atoms with Gasteiger partial charge in [0.1, 0.15) is 16.8 Å². The molecule has 25 heavy (non-hydrogen) atoms. The number of carbonyl (C=O) groups excluding carboxylic acids is 2. The molecule has 1 heterocycles. The minimum absolute atomic E-state index is 0.136. The highest BCUT2D eigenvalue weighted by Gasteiger charge is 2.55. The molecule has 1 fully saturated rings. The van der Waals surface area contributed by atoms with Gasteiger partial charge in [-0.05, 0) is 17.5 Å². The molecular weight excluding hydrogens is 384 g/mol. The summed E-state index contributed by atoms with van der Waals surface area (Å²) in [6, 6.07) is 19.2. The van der Waals surface area contributed by atoms with Crippen LogP contribution in [0.25, 0.3) is 0 Å². The first-order valence-electron chi connectivity index (χ1n) is 8.22. The van der Waals surface area contributed by atoms with Crippen molar-refractivity contribution >= 4 is 27.9 Å². The molecule has 0 radical (unpaired) electrons. The zero-order valence-corrected chi connectivity index (χ0v) is 15.4. The Labute approximate surface area is 155 Å². The number of ether oxygens (including phenoxy) is 2. The number of cyclic esters (lactones) is 1. The molecule has 2 aromatic rings. The zero-order chi connectivity index (χ0) is 17.9. The third-order valence-electron chi connectivity index (χ3n) is 4.53. The van der Waals surface area contributed by atoms with Crippen LogP contribution in [0.1, 0.15) is 24.5 Å². The predicted molar refractivity (Wildman–Crippen MR) is 97.5 cm³/mol. The van der Waals surface area contributed by atoms with E-state index in [1.165, 1.54) is 0 Å². The average molecular weight is 403 g/mol. The second kappa shape index (κ2) is 7.40. The molecule has 0 aliphatic carbocycles. The van der Waals surface area contributed by atoms with Crippen molar-refractivity contribution in [1.82, 2.24) is 0 Å². The Bertz CT molecular complexity index is 705. The van der Waals surface area contributed by atoms with Gasteiger partial charge in [-0.2, -0.15) is 0 Å². The molecule has 0 bridgehead atoms. The molecular formula is C20H19BrO4. The van der Waals surface area contributed by atoms with E-state index in [-0.39, 0.29) is 6.61 Å². The van der Waals surface area contributed by atoms with Crippen LogP contribution in [0.15, 0.2) is 60.7 Å². The van der Waals surface area contributed by atoms with Crippen molar-refractivity contribution in [3.05, 3.63) is 71.8 Å². The van der Waals surface area contributed by atoms with Gasteiger partial charge in [0.2, 0.25) is 6.10 Å². The third kappa shape index (κ3) is 3.21. The Morgan fingerprint density at radius 2 is 1.68 bits per heavy atom. The third-order valence-corrected chi connectivity index (χ3v) is 5.55. The molecule has 5 heteroatoms. The average Bonchev–Trinajstić information content (AvgIpc) is 3.00. The van der Waals surface area contributed by atoms with Gasteiger partial charge in [0.25, 0.3) is 0 Å². The molecule has 1 saturated heterocycles. The number of rotatable bonds is 5. The van der Waals surface area contributed by atoms with Crippen molar-refractivity contribution in [3.8, 4) is 0 Å². The van der Waals surface area contributed by atoms with E-state index in [1.807, 2.05) is 67.6 Å². The highest BCUT2D eigenvalue weighted by atomic mass is 79.9. The van der Waals surface area contributed by atoms with Gasteiger partial charge in [-0.1, -0.05) is 83.5 Å². The molecule has 4 nitrogen and oxygen atoms in total. The van der Waals surface area contributed by atoms with Gasteiger partial charge in [-0.3, -0.25) is 4.79 Å². The Balaban J connectivity index is 2.10. The van der Waals surface area contributed by atoms with Gasteiger partial charge >= 0.3 is 11.9 Å². The number of carbonyl (C=O) groups is 2. The molecule has 0 aromatic heterocycles. The maximum atomic E-state index is 12.5. The van der Waals surface area contributed by atoms with Gasteiger partial charge in [0.15, 0.2) is 0 Å². The summed E-state index contributed by atoms with van der Waals surface area (Å²) in [6.45, 7) is 2.01. The highest BCUT2D eigenvalue weighted by molar-refractivity contribution is 9.10. The molecule has 2 aromatic carbocycles. The fourth-order valence-corrected chi connectivity index (χ4v) is 3.26. The summed E-state index contributed by atoms with van der Waals surface area (Å²) in [6.07, 6.45) is -0.444. The number of hydrogen-bond donors (Lipinski definition) is 0. The monoisotopic (exact) mass is 402 g/mol. The maximum Gasteiger partial charge on any atom is 0.348 e. The first kappa shape index (κ1) is 17.7. The molecule has 2 unspecified atom stereocenters. The summed E-state index contributed by atoms with van der Waals surface area (Å²) in [5.74, 6) is -0.973. The van der Waals surface area contributed by atoms with E-state index in [2.05, 4.69) is 15.9 Å². The van der Waals surface area contributed by atoms with Crippen molar-refractivity contribution in [2.45, 2.75) is 29.7 Å². The van der Waals surface area contributed by atoms with E-state index in [9.17, 15) is 9.59 Å². The van der Waals surface area contributed by atoms with Crippen LogP contribution < -0.4 is 0 Å². The van der Waals surface area contributed by atoms with Crippen LogP contribution in [0.4, 0.5) is 0 Å². The largest absolute Gasteiger partial charge is 0.461 e. The van der Waals surface area contributed by atoms with Crippen molar-refractivity contribution in [1.29, 1.82) is 0 Å². The summed E-state index contributed by atoms with van der Waals surface area (Å²) < 4.78 is 11.0. The molecule has 3 rings (SSSR count). The van der Waals surface area contributed by atoms with Gasteiger partial charge in [-0.25, -0.2) is 4.79 Å². The first-order valence-corrected chi connectivity index (χ1v) is 9.13. The van der Waals surface area contributed by atoms with E-state index >= 15 is 0 Å². The lowest BCUT2D eigenvalue weighted by molar-refractivity contribution is -0.161. The fraction of sp³-hybridized carbons (Fsp3) is 0.300. The SMILES string of the molecule is CCC(Br)C(=O)OC1C(=O)OCC1(c1ccccc1)c1ccccc1. The molecule has 0 amide bonds. The van der Waals surface area contributed by atoms with Crippen molar-refractivity contribution < 1.29 is 19.1 Å². The number of benzene rings is 2. The molecule has 0 N–H and O–H groups in total. The van der Waals surface area contributed by atoms with E-state index in [0.29, 0.717) is 6.42 Å². The summed E-state index contributed by atoms with van der Waals surface area (Å²) in [5, 5.41) is 0. The molecule has 0 spiro atoms. The van der Waals surface area contributed by atoms with Gasteiger partial charge in [0.05, 0.1) is 0 Å². The summed E-state index contributed by atoms with van der Waals surface area (Å²) in [5.41, 5.74) is 0.912. The van der Waals surface area contributed by atoms with E-state index in [1.54, 1.807) is 0 Å². The predicted octanol–water partition coefficient (Wildman–Crippen LogP) is 3.61. The normalized spacial score (nSPS) is 19.9. The van der Waals surface area contributed by atoms with Crippen molar-refractivity contribution in [2.75, 3.05) is 6.61 Å². The number of halogens is 1. The Morgan fingerprint density at radius 3 is 2.16 bits per heavy atom. The quantitative estimate of drug-likeness (QED) is 0.566. The minimum atomic E-state index is -1.02. The smallest absolute Gasteiger partial charge is 0.348 e. The summed E-state index contributed by atoms with van der Waals surface area (Å²) in [4.78, 5) is 24.4. The van der Waals surface area contributed by atoms with Crippen LogP contribution in [0.3, 0.4) is 0 Å². The Kier molecular flexibility index (Phi) is 5.23. The van der Waals surface area contributed by atoms with E-state index in [4.69, 9.17) is 9.47 Å². The Hall–Kier alpha value is -2.14. The van der Waals surface area contributed by atoms with Crippen LogP contribution in [-0.2, 0) is 24.5 Å². The standard InChI is InChI=1S/C20H19BrO4/c1-2-16(21)18(22)25-17-19(23)24-13-20(17,14-9-5-3-6-10-14)15-11-7-4-8-12-15/h3-12,16-17H,2,13H2,1H3. The Morgan fingerprint density at radius 1 is 1.16 bits per heavy atom. The van der Waals surface area contributed by atoms with Crippen LogP contribution in [-0.4, -0.2) is 29.5 Å². The number of esters is 2. The number of alkyl halides is 1. The molecule has 130 valence electrons. The summed E-state index contributed by atoms with van der Waals surface area (Å²) >= 11 is 3.29. The topological polar surface area (TPSA) is 52.6 Å². The lowest BCUT2D eigenvalue weighted by Crippen LogP contribution is -2.45. The lowest BCUT2D eigenvalue weighted by atomic mass is 9.72. The van der Waals surface area contributed by atoms with Gasteiger partial charge in [0, 0.05) is 0 Å². The minimum Gasteiger partial charge on any atom is -0.461 e. The maximum absolute atomic E-state index is 12.5. The van der Waals surface area contributed by atoms with Crippen LogP contribution in [0.2, 0.25) is 0 Å². The van der Waals surface area contributed by atoms with Crippen molar-refractivity contribution in [2.24, 2.45) is 0 Å². The van der Waals surface area contributed by atoms with Gasteiger partial charge < -0.3 is 9.47 Å².